The lowest BCUT2D eigenvalue weighted by Crippen LogP contribution is -2.26. The normalized spacial score (nSPS) is 11.4. The Bertz CT molecular complexity index is 1180. The van der Waals surface area contributed by atoms with Crippen LogP contribution in [-0.2, 0) is 10.9 Å². The highest BCUT2D eigenvalue weighted by Gasteiger charge is 2.33. The minimum Gasteiger partial charge on any atom is -0.462 e. The Labute approximate surface area is 161 Å². The molecule has 0 unspecified atom stereocenters. The van der Waals surface area contributed by atoms with Crippen LogP contribution in [0.2, 0.25) is 0 Å². The van der Waals surface area contributed by atoms with Crippen LogP contribution in [0.25, 0.3) is 22.2 Å². The number of para-hydroxylation sites is 1. The lowest BCUT2D eigenvalue weighted by molar-refractivity contribution is -0.536. The number of hydrogen-bond acceptors (Lipinski definition) is 5. The molecule has 10 heteroatoms. The van der Waals surface area contributed by atoms with Crippen molar-refractivity contribution in [3.63, 3.8) is 0 Å². The molecule has 2 aromatic carbocycles. The van der Waals surface area contributed by atoms with Crippen molar-refractivity contribution in [3.05, 3.63) is 80.0 Å². The highest BCUT2D eigenvalue weighted by molar-refractivity contribution is 6.00. The molecule has 1 aromatic heterocycles. The Balaban J connectivity index is 2.52. The van der Waals surface area contributed by atoms with Gasteiger partial charge < -0.3 is 4.74 Å². The maximum Gasteiger partial charge on any atom is 0.416 e. The Hall–Kier alpha value is -3.69. The molecule has 0 saturated carbocycles. The largest absolute Gasteiger partial charge is 0.462 e. The summed E-state index contributed by atoms with van der Waals surface area (Å²) in [6.07, 6.45) is -4.73. The first kappa shape index (κ1) is 20.1. The predicted octanol–water partition coefficient (Wildman–Crippen LogP) is 3.90. The number of nitrogens with zero attached hydrogens (tertiary/aromatic N) is 2. The number of nitro groups is 1. The number of benzene rings is 2. The first-order valence-corrected chi connectivity index (χ1v) is 8.34. The molecule has 3 aromatic rings. The van der Waals surface area contributed by atoms with E-state index in [1.165, 1.54) is 31.2 Å². The van der Waals surface area contributed by atoms with Gasteiger partial charge in [-0.1, -0.05) is 28.9 Å². The number of esters is 1. The van der Waals surface area contributed by atoms with Gasteiger partial charge in [-0.15, -0.1) is 0 Å². The summed E-state index contributed by atoms with van der Waals surface area (Å²) in [5.74, 6) is -1.16. The second-order valence-corrected chi connectivity index (χ2v) is 5.92. The highest BCUT2D eigenvalue weighted by Crippen LogP contribution is 2.34. The van der Waals surface area contributed by atoms with Crippen molar-refractivity contribution in [2.45, 2.75) is 13.1 Å². The molecule has 0 N–H and O–H groups in total. The minimum atomic E-state index is -4.73. The maximum atomic E-state index is 13.2. The van der Waals surface area contributed by atoms with Gasteiger partial charge in [0.05, 0.1) is 17.6 Å². The van der Waals surface area contributed by atoms with Crippen LogP contribution in [-0.4, -0.2) is 22.3 Å². The van der Waals surface area contributed by atoms with E-state index >= 15 is 0 Å². The maximum absolute atomic E-state index is 13.2. The molecular formula is C19H13F3N2O5. The summed E-state index contributed by atoms with van der Waals surface area (Å²) < 4.78 is 44.8. The van der Waals surface area contributed by atoms with Crippen LogP contribution in [0.15, 0.2) is 53.3 Å². The quantitative estimate of drug-likeness (QED) is 0.372. The average molecular weight is 406 g/mol. The first-order chi connectivity index (χ1) is 13.7. The fourth-order valence-corrected chi connectivity index (χ4v) is 2.99. The number of carbonyl (C=O) groups excluding carboxylic acids is 1. The van der Waals surface area contributed by atoms with Crippen molar-refractivity contribution in [2.24, 2.45) is 0 Å². The number of halogens is 3. The monoisotopic (exact) mass is 406 g/mol. The van der Waals surface area contributed by atoms with Gasteiger partial charge in [-0.05, 0) is 31.2 Å². The predicted molar refractivity (Wildman–Crippen MR) is 97.0 cm³/mol. The molecule has 0 radical (unpaired) electrons. The molecule has 7 nitrogen and oxygen atoms in total. The topological polar surface area (TPSA) is 91.4 Å². The fraction of sp³-hybridized carbons (Fsp3) is 0.158. The van der Waals surface area contributed by atoms with Gasteiger partial charge in [0.1, 0.15) is 16.8 Å². The van der Waals surface area contributed by atoms with Gasteiger partial charge >= 0.3 is 12.1 Å². The lowest BCUT2D eigenvalue weighted by Gasteiger charge is -2.15. The van der Waals surface area contributed by atoms with Crippen molar-refractivity contribution in [1.29, 1.82) is 0 Å². The van der Waals surface area contributed by atoms with E-state index in [1.54, 1.807) is 0 Å². The van der Waals surface area contributed by atoms with Gasteiger partial charge in [0.15, 0.2) is 5.03 Å². The second-order valence-electron chi connectivity index (χ2n) is 5.92. The number of fused-ring (bicyclic) bond motifs is 1. The Kier molecular flexibility index (Phi) is 5.10. The molecule has 3 rings (SSSR count). The minimum absolute atomic E-state index is 0.133. The van der Waals surface area contributed by atoms with Gasteiger partial charge in [0.2, 0.25) is 5.43 Å². The van der Waals surface area contributed by atoms with Crippen LogP contribution in [0.5, 0.6) is 0 Å². The standard InChI is InChI=1S/C19H13F3N2O5/c1-2-29-18(26)15-16(11-6-5-7-12(10-11)19(20,21)22)23(24(27)28)14-9-4-3-8-13(14)17(15)25/h3-10H,2H2,1H3. The highest BCUT2D eigenvalue weighted by atomic mass is 19.4. The van der Waals surface area contributed by atoms with E-state index in [4.69, 9.17) is 4.74 Å². The number of pyridine rings is 1. The van der Waals surface area contributed by atoms with Crippen LogP contribution in [0.1, 0.15) is 22.8 Å². The number of ether oxygens (including phenoxy) is 1. The number of alkyl halides is 3. The smallest absolute Gasteiger partial charge is 0.416 e. The number of rotatable bonds is 4. The third-order valence-electron chi connectivity index (χ3n) is 4.16. The third kappa shape index (κ3) is 3.56. The molecule has 0 aliphatic heterocycles. The Morgan fingerprint density at radius 3 is 2.48 bits per heavy atom. The van der Waals surface area contributed by atoms with Crippen molar-refractivity contribution >= 4 is 16.9 Å². The molecular weight excluding hydrogens is 393 g/mol. The summed E-state index contributed by atoms with van der Waals surface area (Å²) in [5, 5.41) is 10.8. The molecule has 0 spiro atoms. The zero-order valence-electron chi connectivity index (χ0n) is 14.9. The molecule has 0 fully saturated rings. The molecule has 150 valence electrons. The average Bonchev–Trinajstić information content (AvgIpc) is 2.67. The molecule has 0 bridgehead atoms. The van der Waals surface area contributed by atoms with Crippen LogP contribution in [0.3, 0.4) is 0 Å². The van der Waals surface area contributed by atoms with E-state index in [0.717, 1.165) is 18.2 Å². The molecule has 1 heterocycles. The van der Waals surface area contributed by atoms with Crippen molar-refractivity contribution in [1.82, 2.24) is 4.68 Å². The molecule has 0 saturated heterocycles. The van der Waals surface area contributed by atoms with Crippen molar-refractivity contribution in [3.8, 4) is 11.3 Å². The summed E-state index contributed by atoms with van der Waals surface area (Å²) in [5.41, 5.74) is -3.72. The van der Waals surface area contributed by atoms with E-state index < -0.39 is 39.4 Å². The molecule has 0 atom stereocenters. The fourth-order valence-electron chi connectivity index (χ4n) is 2.99. The summed E-state index contributed by atoms with van der Waals surface area (Å²) in [6.45, 7) is 1.33. The third-order valence-corrected chi connectivity index (χ3v) is 4.16. The van der Waals surface area contributed by atoms with Gasteiger partial charge in [-0.3, -0.25) is 4.79 Å². The van der Waals surface area contributed by atoms with Gasteiger partial charge in [-0.25, -0.2) is 14.9 Å². The zero-order valence-corrected chi connectivity index (χ0v) is 14.9. The molecule has 0 aliphatic rings. The van der Waals surface area contributed by atoms with Crippen molar-refractivity contribution in [2.75, 3.05) is 6.61 Å². The number of hydrogen-bond donors (Lipinski definition) is 0. The summed E-state index contributed by atoms with van der Waals surface area (Å²) in [6, 6.07) is 9.06. The van der Waals surface area contributed by atoms with E-state index in [9.17, 15) is 32.9 Å². The summed E-state index contributed by atoms with van der Waals surface area (Å²) >= 11 is 0. The van der Waals surface area contributed by atoms with E-state index in [1.807, 2.05) is 0 Å². The second kappa shape index (κ2) is 7.38. The van der Waals surface area contributed by atoms with Crippen LogP contribution < -0.4 is 5.43 Å². The summed E-state index contributed by atoms with van der Waals surface area (Å²) in [7, 11) is 0. The van der Waals surface area contributed by atoms with E-state index in [2.05, 4.69) is 0 Å². The molecule has 0 aliphatic carbocycles. The zero-order chi connectivity index (χ0) is 21.3. The van der Waals surface area contributed by atoms with Gasteiger partial charge in [0, 0.05) is 5.56 Å². The van der Waals surface area contributed by atoms with Gasteiger partial charge in [-0.2, -0.15) is 13.2 Å². The summed E-state index contributed by atoms with van der Waals surface area (Å²) in [4.78, 5) is 37.2. The Morgan fingerprint density at radius 1 is 1.17 bits per heavy atom. The SMILES string of the molecule is CCOC(=O)c1c(-c2cccc(C(F)(F)F)c2)n([N+](=O)[O-])c2ccccc2c1=O. The Morgan fingerprint density at radius 2 is 1.86 bits per heavy atom. The number of carbonyl (C=O) groups is 1. The van der Waals surface area contributed by atoms with E-state index in [-0.39, 0.29) is 23.1 Å². The molecule has 29 heavy (non-hydrogen) atoms. The van der Waals surface area contributed by atoms with Crippen LogP contribution >= 0.6 is 0 Å². The van der Waals surface area contributed by atoms with Crippen molar-refractivity contribution < 1.29 is 27.7 Å². The van der Waals surface area contributed by atoms with Crippen LogP contribution in [0, 0.1) is 10.1 Å². The van der Waals surface area contributed by atoms with Crippen LogP contribution in [0.4, 0.5) is 13.2 Å². The molecule has 0 amide bonds. The first-order valence-electron chi connectivity index (χ1n) is 8.34. The lowest BCUT2D eigenvalue weighted by atomic mass is 10.0. The van der Waals surface area contributed by atoms with Gasteiger partial charge in [0.25, 0.3) is 0 Å². The number of aromatic nitrogens is 1. The van der Waals surface area contributed by atoms with E-state index in [0.29, 0.717) is 10.7 Å².